The third kappa shape index (κ3) is 3.08. The van der Waals surface area contributed by atoms with Crippen molar-refractivity contribution < 1.29 is 13.9 Å². The Kier molecular flexibility index (Phi) is 3.45. The molecule has 0 aromatic heterocycles. The first kappa shape index (κ1) is 13.5. The summed E-state index contributed by atoms with van der Waals surface area (Å²) in [6.07, 6.45) is 3.49. The van der Waals surface area contributed by atoms with Crippen LogP contribution >= 0.6 is 0 Å². The van der Waals surface area contributed by atoms with Gasteiger partial charge in [0.25, 0.3) is 0 Å². The molecule has 1 unspecified atom stereocenters. The molecule has 1 atom stereocenters. The fraction of sp³-hybridized carbons (Fsp3) is 0.600. The lowest BCUT2D eigenvalue weighted by molar-refractivity contribution is -0.0387. The quantitative estimate of drug-likeness (QED) is 0.850. The van der Waals surface area contributed by atoms with Crippen LogP contribution in [-0.4, -0.2) is 10.7 Å². The van der Waals surface area contributed by atoms with E-state index in [1.165, 1.54) is 6.07 Å². The van der Waals surface area contributed by atoms with Crippen LogP contribution in [0.4, 0.5) is 8.78 Å². The van der Waals surface area contributed by atoms with Crippen molar-refractivity contribution in [3.8, 4) is 0 Å². The molecule has 0 aliphatic heterocycles. The maximum Gasteiger partial charge on any atom is 0.126 e. The van der Waals surface area contributed by atoms with E-state index in [9.17, 15) is 13.9 Å². The smallest absolute Gasteiger partial charge is 0.126 e. The van der Waals surface area contributed by atoms with Crippen LogP contribution in [0.25, 0.3) is 0 Å². The minimum atomic E-state index is -0.906. The van der Waals surface area contributed by atoms with Gasteiger partial charge in [-0.3, -0.25) is 0 Å². The van der Waals surface area contributed by atoms with Crippen LogP contribution < -0.4 is 0 Å². The summed E-state index contributed by atoms with van der Waals surface area (Å²) in [7, 11) is 0. The third-order valence-electron chi connectivity index (χ3n) is 3.83. The van der Waals surface area contributed by atoms with E-state index in [0.717, 1.165) is 25.0 Å². The first-order valence-electron chi connectivity index (χ1n) is 6.46. The second-order valence-electron chi connectivity index (χ2n) is 6.33. The summed E-state index contributed by atoms with van der Waals surface area (Å²) in [5, 5.41) is 10.6. The molecular weight excluding hydrogens is 234 g/mol. The number of halogens is 2. The Morgan fingerprint density at radius 1 is 1.22 bits per heavy atom. The number of benzene rings is 1. The van der Waals surface area contributed by atoms with E-state index in [2.05, 4.69) is 13.8 Å². The van der Waals surface area contributed by atoms with Gasteiger partial charge >= 0.3 is 0 Å². The Balaban J connectivity index is 2.19. The summed E-state index contributed by atoms with van der Waals surface area (Å²) in [5.41, 5.74) is -0.567. The Bertz CT molecular complexity index is 442. The minimum absolute atomic E-state index is 0.0663. The summed E-state index contributed by atoms with van der Waals surface area (Å²) >= 11 is 0. The Morgan fingerprint density at radius 2 is 1.94 bits per heavy atom. The summed E-state index contributed by atoms with van der Waals surface area (Å²) in [4.78, 5) is 0. The van der Waals surface area contributed by atoms with Crippen LogP contribution in [0.1, 0.15) is 45.1 Å². The molecule has 1 nitrogen and oxygen atoms in total. The molecule has 18 heavy (non-hydrogen) atoms. The number of rotatable bonds is 2. The molecule has 2 rings (SSSR count). The molecule has 0 bridgehead atoms. The van der Waals surface area contributed by atoms with E-state index in [-0.39, 0.29) is 17.4 Å². The summed E-state index contributed by atoms with van der Waals surface area (Å²) in [6.45, 7) is 4.22. The van der Waals surface area contributed by atoms with Crippen molar-refractivity contribution in [2.24, 2.45) is 5.41 Å². The molecule has 1 saturated carbocycles. The first-order chi connectivity index (χ1) is 8.30. The molecule has 0 radical (unpaired) electrons. The van der Waals surface area contributed by atoms with E-state index >= 15 is 0 Å². The van der Waals surface area contributed by atoms with Crippen LogP contribution in [0.2, 0.25) is 0 Å². The van der Waals surface area contributed by atoms with Crippen LogP contribution in [-0.2, 0) is 6.42 Å². The van der Waals surface area contributed by atoms with E-state index in [4.69, 9.17) is 0 Å². The van der Waals surface area contributed by atoms with Crippen molar-refractivity contribution in [2.45, 2.75) is 51.6 Å². The van der Waals surface area contributed by atoms with Crippen molar-refractivity contribution in [1.82, 2.24) is 0 Å². The van der Waals surface area contributed by atoms with Gasteiger partial charge in [0.1, 0.15) is 11.6 Å². The predicted octanol–water partition coefficient (Wildman–Crippen LogP) is 3.84. The fourth-order valence-electron chi connectivity index (χ4n) is 3.15. The van der Waals surface area contributed by atoms with Crippen LogP contribution in [0.15, 0.2) is 18.2 Å². The number of aliphatic hydroxyl groups is 1. The highest BCUT2D eigenvalue weighted by molar-refractivity contribution is 5.21. The van der Waals surface area contributed by atoms with E-state index in [1.54, 1.807) is 0 Å². The fourth-order valence-corrected chi connectivity index (χ4v) is 3.15. The molecule has 1 N–H and O–H groups in total. The van der Waals surface area contributed by atoms with E-state index in [1.807, 2.05) is 0 Å². The van der Waals surface area contributed by atoms with Crippen molar-refractivity contribution in [3.63, 3.8) is 0 Å². The molecule has 1 aliphatic rings. The van der Waals surface area contributed by atoms with Gasteiger partial charge in [0.2, 0.25) is 0 Å². The first-order valence-corrected chi connectivity index (χ1v) is 6.46. The van der Waals surface area contributed by atoms with Crippen LogP contribution in [0.5, 0.6) is 0 Å². The normalized spacial score (nSPS) is 27.2. The number of hydrogen-bond donors (Lipinski definition) is 1. The molecule has 1 aliphatic carbocycles. The Hall–Kier alpha value is -0.960. The minimum Gasteiger partial charge on any atom is -0.390 e. The zero-order chi connectivity index (χ0) is 13.4. The molecule has 100 valence electrons. The standard InChI is InChI=1S/C15H20F2O/c1-14(2)6-3-7-15(18,10-14)9-11-8-12(16)4-5-13(11)17/h4-5,8,18H,3,6-7,9-10H2,1-2H3. The lowest BCUT2D eigenvalue weighted by Crippen LogP contribution is -2.40. The molecule has 0 spiro atoms. The molecule has 1 fully saturated rings. The Morgan fingerprint density at radius 3 is 2.61 bits per heavy atom. The van der Waals surface area contributed by atoms with Crippen molar-refractivity contribution in [3.05, 3.63) is 35.4 Å². The van der Waals surface area contributed by atoms with E-state index in [0.29, 0.717) is 12.8 Å². The summed E-state index contributed by atoms with van der Waals surface area (Å²) < 4.78 is 26.7. The largest absolute Gasteiger partial charge is 0.390 e. The SMILES string of the molecule is CC1(C)CCCC(O)(Cc2cc(F)ccc2F)C1. The zero-order valence-electron chi connectivity index (χ0n) is 11.0. The Labute approximate surface area is 107 Å². The molecule has 3 heteroatoms. The molecular formula is C15H20F2O. The van der Waals surface area contributed by atoms with Gasteiger partial charge in [-0.15, -0.1) is 0 Å². The molecule has 0 amide bonds. The predicted molar refractivity (Wildman–Crippen MR) is 67.3 cm³/mol. The third-order valence-corrected chi connectivity index (χ3v) is 3.83. The molecule has 1 aromatic carbocycles. The zero-order valence-corrected chi connectivity index (χ0v) is 11.0. The molecule has 0 saturated heterocycles. The van der Waals surface area contributed by atoms with Crippen molar-refractivity contribution in [1.29, 1.82) is 0 Å². The highest BCUT2D eigenvalue weighted by Crippen LogP contribution is 2.42. The van der Waals surface area contributed by atoms with Gasteiger partial charge in [0.05, 0.1) is 5.60 Å². The average molecular weight is 254 g/mol. The average Bonchev–Trinajstić information content (AvgIpc) is 2.21. The topological polar surface area (TPSA) is 20.2 Å². The van der Waals surface area contributed by atoms with Gasteiger partial charge in [-0.05, 0) is 48.4 Å². The second-order valence-corrected chi connectivity index (χ2v) is 6.33. The van der Waals surface area contributed by atoms with Crippen LogP contribution in [0, 0.1) is 17.0 Å². The van der Waals surface area contributed by atoms with Gasteiger partial charge in [0.15, 0.2) is 0 Å². The number of hydrogen-bond acceptors (Lipinski definition) is 1. The van der Waals surface area contributed by atoms with Gasteiger partial charge in [-0.2, -0.15) is 0 Å². The van der Waals surface area contributed by atoms with Crippen LogP contribution in [0.3, 0.4) is 0 Å². The summed E-state index contributed by atoms with van der Waals surface area (Å²) in [5.74, 6) is -0.890. The highest BCUT2D eigenvalue weighted by Gasteiger charge is 2.38. The van der Waals surface area contributed by atoms with Crippen molar-refractivity contribution >= 4 is 0 Å². The lowest BCUT2D eigenvalue weighted by atomic mass is 9.68. The maximum absolute atomic E-state index is 13.6. The van der Waals surface area contributed by atoms with Gasteiger partial charge in [-0.1, -0.05) is 20.3 Å². The monoisotopic (exact) mass is 254 g/mol. The maximum atomic E-state index is 13.6. The van der Waals surface area contributed by atoms with Gasteiger partial charge < -0.3 is 5.11 Å². The van der Waals surface area contributed by atoms with Crippen molar-refractivity contribution in [2.75, 3.05) is 0 Å². The lowest BCUT2D eigenvalue weighted by Gasteiger charge is -2.41. The second kappa shape index (κ2) is 4.61. The summed E-state index contributed by atoms with van der Waals surface area (Å²) in [6, 6.07) is 3.42. The molecule has 1 aromatic rings. The van der Waals surface area contributed by atoms with E-state index < -0.39 is 17.2 Å². The molecule has 0 heterocycles. The highest BCUT2D eigenvalue weighted by atomic mass is 19.1. The van der Waals surface area contributed by atoms with Gasteiger partial charge in [0, 0.05) is 6.42 Å². The van der Waals surface area contributed by atoms with Gasteiger partial charge in [-0.25, -0.2) is 8.78 Å².